The Balaban J connectivity index is 1.61. The molecule has 0 radical (unpaired) electrons. The first-order valence-corrected chi connectivity index (χ1v) is 10.1. The summed E-state index contributed by atoms with van der Waals surface area (Å²) in [6.45, 7) is 3.93. The van der Waals surface area contributed by atoms with E-state index in [9.17, 15) is 14.7 Å². The van der Waals surface area contributed by atoms with Crippen LogP contribution >= 0.6 is 11.3 Å². The van der Waals surface area contributed by atoms with Crippen LogP contribution in [0.4, 0.5) is 0 Å². The molecule has 3 N–H and O–H groups in total. The molecule has 1 unspecified atom stereocenters. The van der Waals surface area contributed by atoms with Gasteiger partial charge in [-0.3, -0.25) is 9.59 Å². The van der Waals surface area contributed by atoms with Gasteiger partial charge < -0.3 is 24.9 Å². The van der Waals surface area contributed by atoms with Crippen molar-refractivity contribution >= 4 is 34.1 Å². The number of hydrogen-bond acceptors (Lipinski definition) is 7. The van der Waals surface area contributed by atoms with E-state index in [1.54, 1.807) is 30.6 Å². The van der Waals surface area contributed by atoms with Crippen molar-refractivity contribution in [3.63, 3.8) is 0 Å². The molecule has 8 nitrogen and oxygen atoms in total. The van der Waals surface area contributed by atoms with Gasteiger partial charge in [-0.15, -0.1) is 11.3 Å². The number of nitrogens with zero attached hydrogens (tertiary/aromatic N) is 1. The third kappa shape index (κ3) is 3.47. The van der Waals surface area contributed by atoms with E-state index in [4.69, 9.17) is 9.15 Å². The van der Waals surface area contributed by atoms with Crippen LogP contribution in [-0.2, 0) is 11.4 Å². The van der Waals surface area contributed by atoms with E-state index in [0.717, 1.165) is 10.6 Å². The summed E-state index contributed by atoms with van der Waals surface area (Å²) in [5.74, 6) is 0.167. The van der Waals surface area contributed by atoms with E-state index in [1.165, 1.54) is 11.3 Å². The monoisotopic (exact) mass is 415 g/mol. The second-order valence-corrected chi connectivity index (χ2v) is 7.98. The molecule has 1 aliphatic heterocycles. The highest BCUT2D eigenvalue weighted by Crippen LogP contribution is 2.30. The summed E-state index contributed by atoms with van der Waals surface area (Å²) in [6.07, 6.45) is 0.325. The van der Waals surface area contributed by atoms with E-state index < -0.39 is 18.1 Å². The van der Waals surface area contributed by atoms with Crippen LogP contribution in [0.15, 0.2) is 28.1 Å². The fourth-order valence-corrected chi connectivity index (χ4v) is 4.13. The van der Waals surface area contributed by atoms with Crippen molar-refractivity contribution in [2.75, 3.05) is 13.2 Å². The van der Waals surface area contributed by atoms with Gasteiger partial charge >= 0.3 is 0 Å². The lowest BCUT2D eigenvalue weighted by atomic mass is 9.97. The fourth-order valence-electron chi connectivity index (χ4n) is 3.45. The van der Waals surface area contributed by atoms with Gasteiger partial charge in [0.15, 0.2) is 0 Å². The highest BCUT2D eigenvalue weighted by atomic mass is 32.1. The number of nitrogens with one attached hydrogen (secondary N) is 2. The van der Waals surface area contributed by atoms with Crippen molar-refractivity contribution < 1.29 is 23.8 Å². The van der Waals surface area contributed by atoms with Crippen molar-refractivity contribution in [3.05, 3.63) is 45.6 Å². The number of aliphatic hydroxyl groups is 1. The smallest absolute Gasteiger partial charge is 0.256 e. The number of benzene rings is 1. The first kappa shape index (κ1) is 19.4. The van der Waals surface area contributed by atoms with Gasteiger partial charge in [-0.1, -0.05) is 0 Å². The minimum absolute atomic E-state index is 0.325. The molecular formula is C20H21N3O5S. The quantitative estimate of drug-likeness (QED) is 0.568. The Morgan fingerprint density at radius 1 is 1.45 bits per heavy atom. The third-order valence-corrected chi connectivity index (χ3v) is 6.08. The van der Waals surface area contributed by atoms with Crippen LogP contribution in [0.3, 0.4) is 0 Å². The van der Waals surface area contributed by atoms with Gasteiger partial charge in [-0.25, -0.2) is 4.98 Å². The maximum absolute atomic E-state index is 13.0. The Bertz CT molecular complexity index is 1090. The number of amides is 2. The molecule has 0 bridgehead atoms. The van der Waals surface area contributed by atoms with E-state index in [0.29, 0.717) is 47.6 Å². The molecule has 1 saturated heterocycles. The SMILES string of the molecule is Cc1ncsc1COc1ccc2oc(C)c(C(=O)NC3(CO)CCNC3=O)c2c1. The number of aromatic nitrogens is 1. The molecule has 1 aromatic carbocycles. The van der Waals surface area contributed by atoms with E-state index in [1.807, 2.05) is 6.92 Å². The van der Waals surface area contributed by atoms with Gasteiger partial charge in [-0.2, -0.15) is 0 Å². The zero-order chi connectivity index (χ0) is 20.6. The molecule has 1 aliphatic rings. The molecule has 3 aromatic rings. The molecule has 2 aromatic heterocycles. The van der Waals surface area contributed by atoms with Crippen molar-refractivity contribution in [1.82, 2.24) is 15.6 Å². The average Bonchev–Trinajstić information content (AvgIpc) is 3.37. The number of ether oxygens (including phenoxy) is 1. The lowest BCUT2D eigenvalue weighted by Gasteiger charge is -2.24. The number of thiazole rings is 1. The zero-order valence-corrected chi connectivity index (χ0v) is 16.9. The van der Waals surface area contributed by atoms with Gasteiger partial charge in [0.25, 0.3) is 5.91 Å². The van der Waals surface area contributed by atoms with Gasteiger partial charge in [0.2, 0.25) is 5.91 Å². The topological polar surface area (TPSA) is 114 Å². The highest BCUT2D eigenvalue weighted by molar-refractivity contribution is 7.09. The molecule has 4 rings (SSSR count). The van der Waals surface area contributed by atoms with Crippen molar-refractivity contribution in [3.8, 4) is 5.75 Å². The molecule has 0 saturated carbocycles. The molecule has 9 heteroatoms. The fraction of sp³-hybridized carbons (Fsp3) is 0.350. The van der Waals surface area contributed by atoms with E-state index in [-0.39, 0.29) is 5.91 Å². The summed E-state index contributed by atoms with van der Waals surface area (Å²) in [7, 11) is 0. The summed E-state index contributed by atoms with van der Waals surface area (Å²) in [4.78, 5) is 30.4. The summed E-state index contributed by atoms with van der Waals surface area (Å²) >= 11 is 1.52. The first-order chi connectivity index (χ1) is 13.9. The van der Waals surface area contributed by atoms with Gasteiger partial charge in [0.1, 0.15) is 29.2 Å². The summed E-state index contributed by atoms with van der Waals surface area (Å²) in [5.41, 5.74) is 2.26. The van der Waals surface area contributed by atoms with Crippen LogP contribution in [0.2, 0.25) is 0 Å². The Morgan fingerprint density at radius 2 is 2.28 bits per heavy atom. The van der Waals surface area contributed by atoms with Gasteiger partial charge in [0.05, 0.1) is 28.3 Å². The summed E-state index contributed by atoms with van der Waals surface area (Å²) < 4.78 is 11.6. The van der Waals surface area contributed by atoms with Crippen LogP contribution in [0.25, 0.3) is 11.0 Å². The number of aryl methyl sites for hydroxylation is 2. The van der Waals surface area contributed by atoms with Gasteiger partial charge in [0, 0.05) is 11.9 Å². The molecule has 2 amide bonds. The number of aliphatic hydroxyl groups excluding tert-OH is 1. The van der Waals surface area contributed by atoms with Crippen molar-refractivity contribution in [2.24, 2.45) is 0 Å². The molecule has 152 valence electrons. The minimum Gasteiger partial charge on any atom is -0.488 e. The van der Waals surface area contributed by atoms with Crippen LogP contribution in [0.5, 0.6) is 5.75 Å². The lowest BCUT2D eigenvalue weighted by molar-refractivity contribution is -0.125. The largest absolute Gasteiger partial charge is 0.488 e. The number of carbonyl (C=O) groups is 2. The predicted octanol–water partition coefficient (Wildman–Crippen LogP) is 2.07. The Morgan fingerprint density at radius 3 is 2.93 bits per heavy atom. The number of rotatable bonds is 6. The number of furan rings is 1. The Kier molecular flexibility index (Phi) is 5.01. The summed E-state index contributed by atoms with van der Waals surface area (Å²) in [5, 5.41) is 15.7. The third-order valence-electron chi connectivity index (χ3n) is 5.17. The maximum atomic E-state index is 13.0. The average molecular weight is 415 g/mol. The van der Waals surface area contributed by atoms with Crippen molar-refractivity contribution in [2.45, 2.75) is 32.4 Å². The molecule has 3 heterocycles. The molecule has 29 heavy (non-hydrogen) atoms. The second-order valence-electron chi connectivity index (χ2n) is 7.04. The van der Waals surface area contributed by atoms with Crippen LogP contribution in [0.1, 0.15) is 33.1 Å². The standard InChI is InChI=1S/C20H21N3O5S/c1-11-16(29-10-22-11)8-27-13-3-4-15-14(7-13)17(12(2)28-15)18(25)23-20(9-24)5-6-21-19(20)26/h3-4,7,10,24H,5-6,8-9H2,1-2H3,(H,21,26)(H,23,25). The molecule has 0 spiro atoms. The first-order valence-electron chi connectivity index (χ1n) is 9.20. The zero-order valence-electron chi connectivity index (χ0n) is 16.1. The molecular weight excluding hydrogens is 394 g/mol. The lowest BCUT2D eigenvalue weighted by Crippen LogP contribution is -2.56. The number of hydrogen-bond donors (Lipinski definition) is 3. The highest BCUT2D eigenvalue weighted by Gasteiger charge is 2.44. The van der Waals surface area contributed by atoms with Crippen LogP contribution in [-0.4, -0.2) is 40.6 Å². The van der Waals surface area contributed by atoms with Crippen LogP contribution in [0, 0.1) is 13.8 Å². The van der Waals surface area contributed by atoms with Gasteiger partial charge in [-0.05, 0) is 38.5 Å². The number of fused-ring (bicyclic) bond motifs is 1. The predicted molar refractivity (Wildman–Crippen MR) is 107 cm³/mol. The van der Waals surface area contributed by atoms with Crippen molar-refractivity contribution in [1.29, 1.82) is 0 Å². The Hall–Kier alpha value is -2.91. The second kappa shape index (κ2) is 7.49. The minimum atomic E-state index is -1.31. The molecule has 1 atom stereocenters. The van der Waals surface area contributed by atoms with E-state index >= 15 is 0 Å². The van der Waals surface area contributed by atoms with E-state index in [2.05, 4.69) is 15.6 Å². The van der Waals surface area contributed by atoms with Crippen LogP contribution < -0.4 is 15.4 Å². The number of carbonyl (C=O) groups excluding carboxylic acids is 2. The summed E-state index contributed by atoms with van der Waals surface area (Å²) in [6, 6.07) is 5.28. The molecule has 0 aliphatic carbocycles. The Labute approximate surface area is 170 Å². The maximum Gasteiger partial charge on any atom is 0.256 e. The molecule has 1 fully saturated rings. The normalized spacial score (nSPS) is 18.8.